The number of nitrogens with one attached hydrogen (secondary N) is 1. The van der Waals surface area contributed by atoms with E-state index in [0.29, 0.717) is 5.56 Å². The highest BCUT2D eigenvalue weighted by Gasteiger charge is 2.28. The lowest BCUT2D eigenvalue weighted by atomic mass is 10.1. The van der Waals surface area contributed by atoms with Crippen LogP contribution in [0, 0.1) is 12.7 Å². The minimum Gasteiger partial charge on any atom is -0.319 e. The number of benzene rings is 2. The Balaban J connectivity index is 1.69. The average molecular weight is 340 g/mol. The molecule has 6 heteroatoms. The maximum Gasteiger partial charge on any atom is 0.255 e. The lowest BCUT2D eigenvalue weighted by molar-refractivity contribution is -0.139. The fourth-order valence-corrected chi connectivity index (χ4v) is 2.67. The molecule has 0 spiro atoms. The number of nitrogens with zero attached hydrogens (tertiary/aromatic N) is 1. The molecule has 1 saturated heterocycles. The molecule has 1 N–H and O–H groups in total. The van der Waals surface area contributed by atoms with Crippen molar-refractivity contribution in [2.75, 3.05) is 5.32 Å². The van der Waals surface area contributed by atoms with Gasteiger partial charge in [0.25, 0.3) is 5.91 Å². The van der Waals surface area contributed by atoms with Gasteiger partial charge >= 0.3 is 0 Å². The third kappa shape index (κ3) is 3.74. The number of rotatable bonds is 4. The Hall–Kier alpha value is -3.02. The number of carbonyl (C=O) groups is 3. The summed E-state index contributed by atoms with van der Waals surface area (Å²) in [6.07, 6.45) is 0.503. The van der Waals surface area contributed by atoms with Gasteiger partial charge in [-0.1, -0.05) is 18.2 Å². The summed E-state index contributed by atoms with van der Waals surface area (Å²) in [5.41, 5.74) is 2.08. The summed E-state index contributed by atoms with van der Waals surface area (Å²) in [6.45, 7) is 2.01. The molecule has 2 aromatic rings. The van der Waals surface area contributed by atoms with Gasteiger partial charge in [-0.05, 0) is 42.3 Å². The molecule has 1 heterocycles. The molecule has 3 amide bonds. The zero-order valence-corrected chi connectivity index (χ0v) is 13.7. The first kappa shape index (κ1) is 16.8. The molecule has 128 valence electrons. The first-order chi connectivity index (χ1) is 11.9. The summed E-state index contributed by atoms with van der Waals surface area (Å²) >= 11 is 0. The fourth-order valence-electron chi connectivity index (χ4n) is 2.67. The van der Waals surface area contributed by atoms with Crippen molar-refractivity contribution in [3.63, 3.8) is 0 Å². The highest BCUT2D eigenvalue weighted by Crippen LogP contribution is 2.18. The highest BCUT2D eigenvalue weighted by molar-refractivity contribution is 6.04. The summed E-state index contributed by atoms with van der Waals surface area (Å²) in [5.74, 6) is -1.28. The van der Waals surface area contributed by atoms with Gasteiger partial charge in [-0.25, -0.2) is 4.39 Å². The van der Waals surface area contributed by atoms with Crippen molar-refractivity contribution in [2.45, 2.75) is 26.3 Å². The van der Waals surface area contributed by atoms with E-state index in [4.69, 9.17) is 0 Å². The number of aryl methyl sites for hydroxylation is 1. The molecule has 1 fully saturated rings. The first-order valence-corrected chi connectivity index (χ1v) is 7.93. The second-order valence-electron chi connectivity index (χ2n) is 6.01. The van der Waals surface area contributed by atoms with Crippen LogP contribution in [0.15, 0.2) is 42.5 Å². The molecule has 1 aliphatic heterocycles. The quantitative estimate of drug-likeness (QED) is 0.870. The number of imide groups is 1. The molecule has 0 radical (unpaired) electrons. The van der Waals surface area contributed by atoms with Crippen LogP contribution in [-0.2, 0) is 16.1 Å². The molecule has 1 aliphatic rings. The van der Waals surface area contributed by atoms with Crippen LogP contribution in [0.25, 0.3) is 0 Å². The molecule has 0 aromatic heterocycles. The lowest BCUT2D eigenvalue weighted by Crippen LogP contribution is -2.28. The Labute approximate surface area is 144 Å². The zero-order chi connectivity index (χ0) is 18.0. The number of carbonyl (C=O) groups excluding carboxylic acids is 3. The largest absolute Gasteiger partial charge is 0.319 e. The topological polar surface area (TPSA) is 66.5 Å². The van der Waals surface area contributed by atoms with Gasteiger partial charge in [-0.2, -0.15) is 0 Å². The van der Waals surface area contributed by atoms with E-state index in [1.165, 1.54) is 11.0 Å². The van der Waals surface area contributed by atoms with Crippen molar-refractivity contribution >= 4 is 23.4 Å². The predicted octanol–water partition coefficient (Wildman–Crippen LogP) is 3.04. The van der Waals surface area contributed by atoms with Crippen molar-refractivity contribution in [1.82, 2.24) is 4.90 Å². The monoisotopic (exact) mass is 340 g/mol. The Bertz CT molecular complexity index is 830. The normalized spacial score (nSPS) is 14.1. The van der Waals surface area contributed by atoms with Crippen LogP contribution >= 0.6 is 0 Å². The van der Waals surface area contributed by atoms with Crippen molar-refractivity contribution in [2.24, 2.45) is 0 Å². The van der Waals surface area contributed by atoms with E-state index in [0.717, 1.165) is 11.1 Å². The standard InChI is InChI=1S/C19H17FN2O3/c1-12-2-7-15(20)16(10-12)21-19(25)14-5-3-13(4-6-14)11-22-17(23)8-9-18(22)24/h2-7,10H,8-9,11H2,1H3,(H,21,25). The maximum absolute atomic E-state index is 13.7. The highest BCUT2D eigenvalue weighted by atomic mass is 19.1. The van der Waals surface area contributed by atoms with Gasteiger partial charge in [0.1, 0.15) is 5.82 Å². The molecule has 0 aliphatic carbocycles. The van der Waals surface area contributed by atoms with E-state index in [1.807, 2.05) is 6.92 Å². The van der Waals surface area contributed by atoms with Crippen molar-refractivity contribution in [3.8, 4) is 0 Å². The average Bonchev–Trinajstić information content (AvgIpc) is 2.91. The molecule has 0 saturated carbocycles. The fraction of sp³-hybridized carbons (Fsp3) is 0.211. The third-order valence-electron chi connectivity index (χ3n) is 4.08. The van der Waals surface area contributed by atoms with Gasteiger partial charge in [0.2, 0.25) is 11.8 Å². The minimum atomic E-state index is -0.498. The van der Waals surface area contributed by atoms with Gasteiger partial charge < -0.3 is 5.32 Å². The molecule has 5 nitrogen and oxygen atoms in total. The molecule has 0 bridgehead atoms. The van der Waals surface area contributed by atoms with Gasteiger partial charge in [0.05, 0.1) is 12.2 Å². The maximum atomic E-state index is 13.7. The second kappa shape index (κ2) is 6.84. The molecule has 3 rings (SSSR count). The van der Waals surface area contributed by atoms with Gasteiger partial charge in [-0.15, -0.1) is 0 Å². The summed E-state index contributed by atoms with van der Waals surface area (Å²) in [5, 5.41) is 2.54. The number of amides is 3. The Morgan fingerprint density at radius 2 is 1.72 bits per heavy atom. The zero-order valence-electron chi connectivity index (χ0n) is 13.7. The van der Waals surface area contributed by atoms with Crippen LogP contribution in [0.5, 0.6) is 0 Å². The van der Waals surface area contributed by atoms with E-state index < -0.39 is 11.7 Å². The SMILES string of the molecule is Cc1ccc(F)c(NC(=O)c2ccc(CN3C(=O)CCC3=O)cc2)c1. The second-order valence-corrected chi connectivity index (χ2v) is 6.01. The molecular formula is C19H17FN2O3. The molecule has 0 unspecified atom stereocenters. The summed E-state index contributed by atoms with van der Waals surface area (Å²) < 4.78 is 13.7. The number of hydrogen-bond donors (Lipinski definition) is 1. The number of halogens is 1. The van der Waals surface area contributed by atoms with Crippen molar-refractivity contribution in [3.05, 3.63) is 65.0 Å². The number of hydrogen-bond acceptors (Lipinski definition) is 3. The van der Waals surface area contributed by atoms with E-state index in [2.05, 4.69) is 5.32 Å². The molecule has 0 atom stereocenters. The molecule has 25 heavy (non-hydrogen) atoms. The molecular weight excluding hydrogens is 323 g/mol. The van der Waals surface area contributed by atoms with Crippen LogP contribution in [0.4, 0.5) is 10.1 Å². The van der Waals surface area contributed by atoms with E-state index in [-0.39, 0.29) is 36.9 Å². The number of likely N-dealkylation sites (tertiary alicyclic amines) is 1. The van der Waals surface area contributed by atoms with Crippen LogP contribution in [0.2, 0.25) is 0 Å². The number of anilines is 1. The Morgan fingerprint density at radius 1 is 1.08 bits per heavy atom. The van der Waals surface area contributed by atoms with Crippen LogP contribution < -0.4 is 5.32 Å². The smallest absolute Gasteiger partial charge is 0.255 e. The van der Waals surface area contributed by atoms with Gasteiger partial charge in [-0.3, -0.25) is 19.3 Å². The van der Waals surface area contributed by atoms with E-state index >= 15 is 0 Å². The van der Waals surface area contributed by atoms with Crippen molar-refractivity contribution < 1.29 is 18.8 Å². The summed E-state index contributed by atoms with van der Waals surface area (Å²) in [4.78, 5) is 36.7. The van der Waals surface area contributed by atoms with Gasteiger partial charge in [0.15, 0.2) is 0 Å². The predicted molar refractivity (Wildman–Crippen MR) is 90.3 cm³/mol. The Morgan fingerprint density at radius 3 is 2.36 bits per heavy atom. The summed E-state index contributed by atoms with van der Waals surface area (Å²) in [6, 6.07) is 11.0. The Kier molecular flexibility index (Phi) is 4.61. The summed E-state index contributed by atoms with van der Waals surface area (Å²) in [7, 11) is 0. The van der Waals surface area contributed by atoms with E-state index in [1.54, 1.807) is 36.4 Å². The molecule has 2 aromatic carbocycles. The van der Waals surface area contributed by atoms with Gasteiger partial charge in [0, 0.05) is 18.4 Å². The first-order valence-electron chi connectivity index (χ1n) is 7.93. The lowest BCUT2D eigenvalue weighted by Gasteiger charge is -2.14. The van der Waals surface area contributed by atoms with E-state index in [9.17, 15) is 18.8 Å². The third-order valence-corrected chi connectivity index (χ3v) is 4.08. The van der Waals surface area contributed by atoms with Crippen LogP contribution in [0.1, 0.15) is 34.3 Å². The van der Waals surface area contributed by atoms with Crippen LogP contribution in [-0.4, -0.2) is 22.6 Å². The van der Waals surface area contributed by atoms with Crippen molar-refractivity contribution in [1.29, 1.82) is 0 Å². The van der Waals surface area contributed by atoms with Crippen LogP contribution in [0.3, 0.4) is 0 Å². The minimum absolute atomic E-state index is 0.127.